The molecule has 1 aromatic heterocycles. The van der Waals surface area contributed by atoms with E-state index in [0.717, 1.165) is 23.6 Å². The van der Waals surface area contributed by atoms with Gasteiger partial charge in [0.15, 0.2) is 0 Å². The number of fused-ring (bicyclic) bond motifs is 1. The van der Waals surface area contributed by atoms with Crippen LogP contribution in [0.4, 0.5) is 0 Å². The van der Waals surface area contributed by atoms with Crippen molar-refractivity contribution in [3.8, 4) is 0 Å². The third-order valence-electron chi connectivity index (χ3n) is 4.14. The Kier molecular flexibility index (Phi) is 4.86. The van der Waals surface area contributed by atoms with Crippen LogP contribution in [0.15, 0.2) is 6.07 Å². The summed E-state index contributed by atoms with van der Waals surface area (Å²) < 4.78 is 0. The first-order valence-corrected chi connectivity index (χ1v) is 8.27. The lowest BCUT2D eigenvalue weighted by Gasteiger charge is -2.21. The highest BCUT2D eigenvalue weighted by atomic mass is 32.1. The van der Waals surface area contributed by atoms with Crippen molar-refractivity contribution in [3.63, 3.8) is 0 Å². The smallest absolute Gasteiger partial charge is 0.261 e. The number of amides is 1. The molecule has 2 N–H and O–H groups in total. The summed E-state index contributed by atoms with van der Waals surface area (Å²) in [4.78, 5) is 14.4. The fraction of sp³-hybridized carbons (Fsp3) is 0.688. The maximum atomic E-state index is 12.2. The van der Waals surface area contributed by atoms with E-state index in [-0.39, 0.29) is 17.9 Å². The quantitative estimate of drug-likeness (QED) is 0.877. The van der Waals surface area contributed by atoms with Crippen molar-refractivity contribution >= 4 is 17.2 Å². The molecule has 1 aliphatic carbocycles. The first kappa shape index (κ1) is 15.5. The second kappa shape index (κ2) is 6.27. The van der Waals surface area contributed by atoms with Crippen molar-refractivity contribution in [2.24, 2.45) is 11.3 Å². The second-order valence-electron chi connectivity index (χ2n) is 6.58. The van der Waals surface area contributed by atoms with Gasteiger partial charge in [-0.15, -0.1) is 11.3 Å². The minimum Gasteiger partial charge on any atom is -0.396 e. The third kappa shape index (κ3) is 3.61. The van der Waals surface area contributed by atoms with E-state index in [1.54, 1.807) is 11.3 Å². The van der Waals surface area contributed by atoms with Gasteiger partial charge in [-0.05, 0) is 36.8 Å². The van der Waals surface area contributed by atoms with Gasteiger partial charge in [0.05, 0.1) is 4.88 Å². The summed E-state index contributed by atoms with van der Waals surface area (Å²) in [6.07, 6.45) is 4.72. The Balaban J connectivity index is 2.00. The van der Waals surface area contributed by atoms with Crippen molar-refractivity contribution in [2.75, 3.05) is 13.2 Å². The molecular formula is C16H25NO2S. The highest BCUT2D eigenvalue weighted by Crippen LogP contribution is 2.33. The molecule has 1 heterocycles. The highest BCUT2D eigenvalue weighted by molar-refractivity contribution is 7.14. The zero-order valence-electron chi connectivity index (χ0n) is 12.7. The number of carbonyl (C=O) groups is 1. The van der Waals surface area contributed by atoms with Crippen molar-refractivity contribution < 1.29 is 9.90 Å². The van der Waals surface area contributed by atoms with E-state index in [1.165, 1.54) is 23.3 Å². The van der Waals surface area contributed by atoms with Crippen molar-refractivity contribution in [1.82, 2.24) is 5.32 Å². The first-order valence-electron chi connectivity index (χ1n) is 7.46. The summed E-state index contributed by atoms with van der Waals surface area (Å²) in [5.74, 6) is 0.778. The number of aryl methyl sites for hydroxylation is 1. The van der Waals surface area contributed by atoms with E-state index in [9.17, 15) is 9.90 Å². The van der Waals surface area contributed by atoms with Gasteiger partial charge in [-0.2, -0.15) is 0 Å². The third-order valence-corrected chi connectivity index (χ3v) is 5.38. The van der Waals surface area contributed by atoms with E-state index >= 15 is 0 Å². The van der Waals surface area contributed by atoms with Gasteiger partial charge in [0.2, 0.25) is 0 Å². The SMILES string of the molecule is CCC1CCc2sc(C(=O)NCC(C)(C)CO)cc2C1. The van der Waals surface area contributed by atoms with E-state index in [1.807, 2.05) is 13.8 Å². The van der Waals surface area contributed by atoms with Crippen LogP contribution in [0.2, 0.25) is 0 Å². The molecule has 1 aromatic rings. The molecule has 0 aliphatic heterocycles. The van der Waals surface area contributed by atoms with Gasteiger partial charge < -0.3 is 10.4 Å². The summed E-state index contributed by atoms with van der Waals surface area (Å²) in [5.41, 5.74) is 1.11. The lowest BCUT2D eigenvalue weighted by atomic mass is 9.87. The summed E-state index contributed by atoms with van der Waals surface area (Å²) in [7, 11) is 0. The zero-order chi connectivity index (χ0) is 14.8. The average molecular weight is 295 g/mol. The number of nitrogens with one attached hydrogen (secondary N) is 1. The number of thiophene rings is 1. The van der Waals surface area contributed by atoms with Crippen LogP contribution in [-0.4, -0.2) is 24.2 Å². The Morgan fingerprint density at radius 2 is 2.30 bits per heavy atom. The second-order valence-corrected chi connectivity index (χ2v) is 7.72. The average Bonchev–Trinajstić information content (AvgIpc) is 2.87. The van der Waals surface area contributed by atoms with Crippen LogP contribution in [0.3, 0.4) is 0 Å². The number of hydrogen-bond donors (Lipinski definition) is 2. The van der Waals surface area contributed by atoms with E-state index in [2.05, 4.69) is 18.3 Å². The lowest BCUT2D eigenvalue weighted by Crippen LogP contribution is -2.35. The molecule has 0 saturated heterocycles. The first-order chi connectivity index (χ1) is 9.45. The monoisotopic (exact) mass is 295 g/mol. The van der Waals surface area contributed by atoms with Crippen LogP contribution in [0.1, 0.15) is 53.7 Å². The molecule has 0 fully saturated rings. The largest absolute Gasteiger partial charge is 0.396 e. The molecular weight excluding hydrogens is 270 g/mol. The van der Waals surface area contributed by atoms with Crippen LogP contribution >= 0.6 is 11.3 Å². The van der Waals surface area contributed by atoms with E-state index in [0.29, 0.717) is 6.54 Å². The molecule has 112 valence electrons. The van der Waals surface area contributed by atoms with Gasteiger partial charge in [0.25, 0.3) is 5.91 Å². The molecule has 1 aliphatic rings. The van der Waals surface area contributed by atoms with Gasteiger partial charge >= 0.3 is 0 Å². The maximum Gasteiger partial charge on any atom is 0.261 e. The van der Waals surface area contributed by atoms with Gasteiger partial charge in [0, 0.05) is 23.4 Å². The van der Waals surface area contributed by atoms with Crippen LogP contribution in [0.25, 0.3) is 0 Å². The van der Waals surface area contributed by atoms with Crippen LogP contribution < -0.4 is 5.32 Å². The standard InChI is InChI=1S/C16H25NO2S/c1-4-11-5-6-13-12(7-11)8-14(20-13)15(19)17-9-16(2,3)10-18/h8,11,18H,4-7,9-10H2,1-3H3,(H,17,19). The molecule has 1 unspecified atom stereocenters. The maximum absolute atomic E-state index is 12.2. The molecule has 4 heteroatoms. The summed E-state index contributed by atoms with van der Waals surface area (Å²) >= 11 is 1.64. The molecule has 2 rings (SSSR count). The summed E-state index contributed by atoms with van der Waals surface area (Å²) in [5, 5.41) is 12.2. The molecule has 0 spiro atoms. The minimum atomic E-state index is -0.264. The Morgan fingerprint density at radius 1 is 1.55 bits per heavy atom. The molecule has 1 amide bonds. The highest BCUT2D eigenvalue weighted by Gasteiger charge is 2.23. The molecule has 0 bridgehead atoms. The molecule has 20 heavy (non-hydrogen) atoms. The van der Waals surface area contributed by atoms with Gasteiger partial charge in [-0.25, -0.2) is 0 Å². The van der Waals surface area contributed by atoms with Crippen LogP contribution in [0.5, 0.6) is 0 Å². The lowest BCUT2D eigenvalue weighted by molar-refractivity contribution is 0.0915. The molecule has 3 nitrogen and oxygen atoms in total. The van der Waals surface area contributed by atoms with Crippen molar-refractivity contribution in [1.29, 1.82) is 0 Å². The van der Waals surface area contributed by atoms with Gasteiger partial charge in [-0.3, -0.25) is 4.79 Å². The number of carbonyl (C=O) groups excluding carboxylic acids is 1. The Morgan fingerprint density at radius 3 is 2.95 bits per heavy atom. The van der Waals surface area contributed by atoms with Gasteiger partial charge in [-0.1, -0.05) is 27.2 Å². The predicted molar refractivity (Wildman–Crippen MR) is 83.3 cm³/mol. The summed E-state index contributed by atoms with van der Waals surface area (Å²) in [6, 6.07) is 2.07. The summed E-state index contributed by atoms with van der Waals surface area (Å²) in [6.45, 7) is 6.71. The molecule has 0 saturated carbocycles. The molecule has 0 aromatic carbocycles. The predicted octanol–water partition coefficient (Wildman–Crippen LogP) is 3.01. The zero-order valence-corrected chi connectivity index (χ0v) is 13.5. The number of aliphatic hydroxyl groups is 1. The van der Waals surface area contributed by atoms with Crippen LogP contribution in [-0.2, 0) is 12.8 Å². The Bertz CT molecular complexity index is 479. The minimum absolute atomic E-state index is 0.000950. The topological polar surface area (TPSA) is 49.3 Å². The Labute approximate surface area is 125 Å². The molecule has 1 atom stereocenters. The van der Waals surface area contributed by atoms with E-state index in [4.69, 9.17) is 0 Å². The number of rotatable bonds is 5. The Hall–Kier alpha value is -0.870. The van der Waals surface area contributed by atoms with Gasteiger partial charge in [0.1, 0.15) is 0 Å². The van der Waals surface area contributed by atoms with Crippen LogP contribution in [0, 0.1) is 11.3 Å². The van der Waals surface area contributed by atoms with Crippen molar-refractivity contribution in [2.45, 2.75) is 46.5 Å². The molecule has 0 radical (unpaired) electrons. The normalized spacial score (nSPS) is 18.7. The number of aliphatic hydroxyl groups excluding tert-OH is 1. The van der Waals surface area contributed by atoms with E-state index < -0.39 is 0 Å². The number of hydrogen-bond acceptors (Lipinski definition) is 3. The van der Waals surface area contributed by atoms with Crippen molar-refractivity contribution in [3.05, 3.63) is 21.4 Å². The fourth-order valence-corrected chi connectivity index (χ4v) is 3.65. The fourth-order valence-electron chi connectivity index (χ4n) is 2.52.